The SMILES string of the molecule is Cc1cc(C)n2ncc(C(=O)N3CCO[C@H](c4ccc(-c5cccc(Cl)c5)cn4)C3)c2n1. The van der Waals surface area contributed by atoms with Crippen LogP contribution in [0.1, 0.15) is 33.5 Å². The van der Waals surface area contributed by atoms with Crippen LogP contribution in [0.15, 0.2) is 54.9 Å². The standard InChI is InChI=1S/C24H22ClN5O2/c1-15-10-16(2)30-23(28-15)20(13-27-30)24(31)29-8-9-32-22(14-29)21-7-6-18(12-26-21)17-4-3-5-19(25)11-17/h3-7,10-13,22H,8-9,14H2,1-2H3/t22-/m0/s1. The molecular weight excluding hydrogens is 426 g/mol. The lowest BCUT2D eigenvalue weighted by molar-refractivity contribution is -0.0246. The van der Waals surface area contributed by atoms with Gasteiger partial charge in [-0.15, -0.1) is 0 Å². The maximum atomic E-state index is 13.3. The van der Waals surface area contributed by atoms with Crippen LogP contribution in [0.4, 0.5) is 0 Å². The van der Waals surface area contributed by atoms with E-state index in [9.17, 15) is 4.79 Å². The predicted molar refractivity (Wildman–Crippen MR) is 122 cm³/mol. The number of nitrogens with zero attached hydrogens (tertiary/aromatic N) is 5. The van der Waals surface area contributed by atoms with Crippen LogP contribution in [-0.4, -0.2) is 50.1 Å². The van der Waals surface area contributed by atoms with E-state index in [1.165, 1.54) is 0 Å². The molecule has 1 aliphatic heterocycles. The van der Waals surface area contributed by atoms with E-state index in [0.29, 0.717) is 35.9 Å². The van der Waals surface area contributed by atoms with Gasteiger partial charge in [0.05, 0.1) is 25.0 Å². The molecule has 1 aromatic carbocycles. The van der Waals surface area contributed by atoms with E-state index in [1.807, 2.05) is 62.5 Å². The van der Waals surface area contributed by atoms with Gasteiger partial charge in [-0.2, -0.15) is 5.10 Å². The summed E-state index contributed by atoms with van der Waals surface area (Å²) in [4.78, 5) is 24.2. The third-order valence-corrected chi connectivity index (χ3v) is 5.87. The van der Waals surface area contributed by atoms with E-state index in [0.717, 1.165) is 28.2 Å². The highest BCUT2D eigenvalue weighted by Crippen LogP contribution is 2.26. The lowest BCUT2D eigenvalue weighted by Gasteiger charge is -2.32. The molecule has 0 N–H and O–H groups in total. The minimum Gasteiger partial charge on any atom is -0.368 e. The number of ether oxygens (including phenoxy) is 1. The Balaban J connectivity index is 1.36. The molecule has 4 aromatic rings. The Morgan fingerprint density at radius 3 is 2.78 bits per heavy atom. The van der Waals surface area contributed by atoms with E-state index in [4.69, 9.17) is 16.3 Å². The lowest BCUT2D eigenvalue weighted by atomic mass is 10.1. The van der Waals surface area contributed by atoms with Crippen LogP contribution in [0.2, 0.25) is 5.02 Å². The van der Waals surface area contributed by atoms with E-state index < -0.39 is 0 Å². The molecule has 1 saturated heterocycles. The molecule has 0 saturated carbocycles. The second-order valence-electron chi connectivity index (χ2n) is 7.93. The van der Waals surface area contributed by atoms with Gasteiger partial charge in [-0.25, -0.2) is 9.50 Å². The molecule has 1 aliphatic rings. The third-order valence-electron chi connectivity index (χ3n) is 5.64. The van der Waals surface area contributed by atoms with Gasteiger partial charge in [0.2, 0.25) is 0 Å². The first kappa shape index (κ1) is 20.6. The normalized spacial score (nSPS) is 16.5. The van der Waals surface area contributed by atoms with Gasteiger partial charge in [-0.1, -0.05) is 29.8 Å². The number of aryl methyl sites for hydroxylation is 2. The molecule has 0 bridgehead atoms. The van der Waals surface area contributed by atoms with Crippen molar-refractivity contribution in [2.45, 2.75) is 20.0 Å². The van der Waals surface area contributed by atoms with Crippen molar-refractivity contribution in [2.75, 3.05) is 19.7 Å². The second kappa shape index (κ2) is 8.33. The summed E-state index contributed by atoms with van der Waals surface area (Å²) >= 11 is 6.10. The number of rotatable bonds is 3. The Labute approximate surface area is 190 Å². The highest BCUT2D eigenvalue weighted by molar-refractivity contribution is 6.30. The summed E-state index contributed by atoms with van der Waals surface area (Å²) in [5.74, 6) is -0.0960. The molecule has 1 fully saturated rings. The molecule has 0 spiro atoms. The van der Waals surface area contributed by atoms with Gasteiger partial charge < -0.3 is 9.64 Å². The number of hydrogen-bond donors (Lipinski definition) is 0. The highest BCUT2D eigenvalue weighted by atomic mass is 35.5. The molecule has 3 aromatic heterocycles. The number of fused-ring (bicyclic) bond motifs is 1. The van der Waals surface area contributed by atoms with Crippen LogP contribution < -0.4 is 0 Å². The van der Waals surface area contributed by atoms with Gasteiger partial charge in [-0.05, 0) is 43.7 Å². The Morgan fingerprint density at radius 1 is 1.12 bits per heavy atom. The van der Waals surface area contributed by atoms with E-state index in [2.05, 4.69) is 15.1 Å². The molecule has 162 valence electrons. The quantitative estimate of drug-likeness (QED) is 0.469. The molecule has 0 radical (unpaired) electrons. The molecule has 4 heterocycles. The van der Waals surface area contributed by atoms with Gasteiger partial charge in [0, 0.05) is 34.7 Å². The number of amides is 1. The van der Waals surface area contributed by atoms with Gasteiger partial charge in [0.1, 0.15) is 11.7 Å². The maximum absolute atomic E-state index is 13.3. The number of carbonyl (C=O) groups is 1. The number of carbonyl (C=O) groups excluding carboxylic acids is 1. The van der Waals surface area contributed by atoms with Crippen molar-refractivity contribution < 1.29 is 9.53 Å². The third kappa shape index (κ3) is 3.85. The van der Waals surface area contributed by atoms with Crippen molar-refractivity contribution in [3.05, 3.63) is 82.5 Å². The van der Waals surface area contributed by atoms with Crippen molar-refractivity contribution in [3.63, 3.8) is 0 Å². The molecule has 7 nitrogen and oxygen atoms in total. The Morgan fingerprint density at radius 2 is 2.00 bits per heavy atom. The largest absolute Gasteiger partial charge is 0.368 e. The second-order valence-corrected chi connectivity index (χ2v) is 8.36. The van der Waals surface area contributed by atoms with E-state index in [-0.39, 0.29) is 12.0 Å². The number of halogens is 1. The molecule has 0 unspecified atom stereocenters. The summed E-state index contributed by atoms with van der Waals surface area (Å²) in [5.41, 5.74) is 5.65. The zero-order valence-electron chi connectivity index (χ0n) is 17.8. The Hall–Kier alpha value is -3.29. The summed E-state index contributed by atoms with van der Waals surface area (Å²) in [7, 11) is 0. The number of aromatic nitrogens is 4. The topological polar surface area (TPSA) is 72.6 Å². The molecule has 32 heavy (non-hydrogen) atoms. The van der Waals surface area contributed by atoms with Gasteiger partial charge >= 0.3 is 0 Å². The zero-order chi connectivity index (χ0) is 22.2. The fraction of sp³-hybridized carbons (Fsp3) is 0.250. The van der Waals surface area contributed by atoms with Crippen molar-refractivity contribution in [1.29, 1.82) is 0 Å². The molecule has 5 rings (SSSR count). The first-order valence-electron chi connectivity index (χ1n) is 10.4. The van der Waals surface area contributed by atoms with Crippen LogP contribution in [0, 0.1) is 13.8 Å². The van der Waals surface area contributed by atoms with Crippen LogP contribution in [-0.2, 0) is 4.74 Å². The van der Waals surface area contributed by atoms with Crippen molar-refractivity contribution >= 4 is 23.2 Å². The van der Waals surface area contributed by atoms with Crippen LogP contribution >= 0.6 is 11.6 Å². The van der Waals surface area contributed by atoms with Gasteiger partial charge in [-0.3, -0.25) is 9.78 Å². The molecule has 0 aliphatic carbocycles. The van der Waals surface area contributed by atoms with Crippen LogP contribution in [0.5, 0.6) is 0 Å². The first-order valence-corrected chi connectivity index (χ1v) is 10.8. The molecule has 8 heteroatoms. The first-order chi connectivity index (χ1) is 15.5. The average Bonchev–Trinajstić information content (AvgIpc) is 3.23. The van der Waals surface area contributed by atoms with Gasteiger partial charge in [0.15, 0.2) is 5.65 Å². The molecule has 1 amide bonds. The summed E-state index contributed by atoms with van der Waals surface area (Å²) in [5, 5.41) is 5.03. The van der Waals surface area contributed by atoms with Crippen LogP contribution in [0.25, 0.3) is 16.8 Å². The highest BCUT2D eigenvalue weighted by Gasteiger charge is 2.29. The minimum atomic E-state index is -0.292. The van der Waals surface area contributed by atoms with Crippen molar-refractivity contribution in [2.24, 2.45) is 0 Å². The summed E-state index contributed by atoms with van der Waals surface area (Å²) in [6, 6.07) is 13.5. The molecular formula is C24H22ClN5O2. The number of benzene rings is 1. The number of morpholine rings is 1. The minimum absolute atomic E-state index is 0.0960. The van der Waals surface area contributed by atoms with Gasteiger partial charge in [0.25, 0.3) is 5.91 Å². The average molecular weight is 448 g/mol. The van der Waals surface area contributed by atoms with Crippen molar-refractivity contribution in [3.8, 4) is 11.1 Å². The fourth-order valence-electron chi connectivity index (χ4n) is 4.04. The monoisotopic (exact) mass is 447 g/mol. The van der Waals surface area contributed by atoms with E-state index >= 15 is 0 Å². The fourth-order valence-corrected chi connectivity index (χ4v) is 4.23. The summed E-state index contributed by atoms with van der Waals surface area (Å²) in [6.07, 6.45) is 3.12. The molecule has 1 atom stereocenters. The number of hydrogen-bond acceptors (Lipinski definition) is 5. The van der Waals surface area contributed by atoms with Crippen molar-refractivity contribution in [1.82, 2.24) is 24.5 Å². The number of pyridine rings is 1. The zero-order valence-corrected chi connectivity index (χ0v) is 18.6. The van der Waals surface area contributed by atoms with Crippen LogP contribution in [0.3, 0.4) is 0 Å². The lowest BCUT2D eigenvalue weighted by Crippen LogP contribution is -2.42. The summed E-state index contributed by atoms with van der Waals surface area (Å²) < 4.78 is 7.64. The maximum Gasteiger partial charge on any atom is 0.259 e. The Kier molecular flexibility index (Phi) is 5.36. The Bertz CT molecular complexity index is 1300. The summed E-state index contributed by atoms with van der Waals surface area (Å²) in [6.45, 7) is 5.24. The predicted octanol–water partition coefficient (Wildman–Crippen LogP) is 4.28. The smallest absolute Gasteiger partial charge is 0.259 e. The van der Waals surface area contributed by atoms with E-state index in [1.54, 1.807) is 15.6 Å².